The summed E-state index contributed by atoms with van der Waals surface area (Å²) in [4.78, 5) is 4.73. The lowest BCUT2D eigenvalue weighted by Gasteiger charge is -2.29. The smallest absolute Gasteiger partial charge is 0.406 e. The predicted octanol–water partition coefficient (Wildman–Crippen LogP) is 6.43. The number of hydrogen-bond acceptors (Lipinski definition) is 3. The van der Waals surface area contributed by atoms with E-state index in [4.69, 9.17) is 4.98 Å². The lowest BCUT2D eigenvalue weighted by atomic mass is 9.87. The minimum absolute atomic E-state index is 0.243. The van der Waals surface area contributed by atoms with Gasteiger partial charge >= 0.3 is 6.36 Å². The summed E-state index contributed by atoms with van der Waals surface area (Å²) >= 11 is 0. The lowest BCUT2D eigenvalue weighted by molar-refractivity contribution is -0.274. The molecule has 0 saturated heterocycles. The van der Waals surface area contributed by atoms with E-state index in [0.717, 1.165) is 23.9 Å². The predicted molar refractivity (Wildman–Crippen MR) is 103 cm³/mol. The monoisotopic (exact) mass is 389 g/mol. The molecule has 7 heteroatoms. The number of anilines is 2. The van der Waals surface area contributed by atoms with Crippen molar-refractivity contribution in [3.05, 3.63) is 48.5 Å². The fourth-order valence-electron chi connectivity index (χ4n) is 4.01. The molecule has 148 valence electrons. The Morgan fingerprint density at radius 1 is 1.07 bits per heavy atom. The Labute approximate surface area is 161 Å². The minimum atomic E-state index is -4.69. The molecule has 1 saturated carbocycles. The first-order chi connectivity index (χ1) is 13.4. The molecule has 0 bridgehead atoms. The van der Waals surface area contributed by atoms with E-state index in [1.54, 1.807) is 12.1 Å². The largest absolute Gasteiger partial charge is 0.573 e. The van der Waals surface area contributed by atoms with E-state index in [9.17, 15) is 13.2 Å². The van der Waals surface area contributed by atoms with Gasteiger partial charge in [0.1, 0.15) is 5.75 Å². The van der Waals surface area contributed by atoms with Gasteiger partial charge in [-0.1, -0.05) is 31.9 Å². The van der Waals surface area contributed by atoms with Gasteiger partial charge in [-0.05, 0) is 55.2 Å². The van der Waals surface area contributed by atoms with Crippen LogP contribution in [-0.4, -0.2) is 15.9 Å². The van der Waals surface area contributed by atoms with Gasteiger partial charge in [-0.2, -0.15) is 0 Å². The summed E-state index contributed by atoms with van der Waals surface area (Å²) in [7, 11) is 0. The topological polar surface area (TPSA) is 39.1 Å². The Morgan fingerprint density at radius 3 is 2.54 bits per heavy atom. The highest BCUT2D eigenvalue weighted by molar-refractivity contribution is 5.80. The maximum atomic E-state index is 12.3. The van der Waals surface area contributed by atoms with Crippen molar-refractivity contribution in [3.63, 3.8) is 0 Å². The molecule has 0 spiro atoms. The Balaban J connectivity index is 1.64. The van der Waals surface area contributed by atoms with Gasteiger partial charge in [0, 0.05) is 11.7 Å². The first-order valence-electron chi connectivity index (χ1n) is 9.49. The number of rotatable bonds is 4. The number of alkyl halides is 3. The molecule has 3 aromatic rings. The highest BCUT2D eigenvalue weighted by atomic mass is 19.4. The number of ether oxygens (including phenoxy) is 1. The molecule has 1 aliphatic rings. The molecule has 1 heterocycles. The summed E-state index contributed by atoms with van der Waals surface area (Å²) < 4.78 is 43.2. The number of fused-ring (bicyclic) bond motifs is 1. The molecule has 1 aliphatic carbocycles. The van der Waals surface area contributed by atoms with Crippen molar-refractivity contribution in [2.45, 2.75) is 45.0 Å². The van der Waals surface area contributed by atoms with Crippen LogP contribution in [0, 0.1) is 5.92 Å². The van der Waals surface area contributed by atoms with Gasteiger partial charge in [-0.25, -0.2) is 4.98 Å². The van der Waals surface area contributed by atoms with Crippen molar-refractivity contribution in [2.24, 2.45) is 5.92 Å². The zero-order chi connectivity index (χ0) is 19.7. The third kappa shape index (κ3) is 4.08. The molecule has 2 unspecified atom stereocenters. The molecule has 4 nitrogen and oxygen atoms in total. The van der Waals surface area contributed by atoms with Crippen LogP contribution in [0.15, 0.2) is 48.5 Å². The van der Waals surface area contributed by atoms with E-state index in [1.165, 1.54) is 25.0 Å². The van der Waals surface area contributed by atoms with Crippen LogP contribution in [0.1, 0.15) is 38.6 Å². The normalized spacial score (nSPS) is 20.3. The zero-order valence-electron chi connectivity index (χ0n) is 15.5. The second-order valence-electron chi connectivity index (χ2n) is 7.42. The van der Waals surface area contributed by atoms with Crippen molar-refractivity contribution in [2.75, 3.05) is 5.32 Å². The summed E-state index contributed by atoms with van der Waals surface area (Å²) in [6.45, 7) is 2.28. The van der Waals surface area contributed by atoms with Crippen molar-refractivity contribution in [1.82, 2.24) is 9.55 Å². The van der Waals surface area contributed by atoms with Gasteiger partial charge in [-0.15, -0.1) is 13.2 Å². The second-order valence-corrected chi connectivity index (χ2v) is 7.42. The summed E-state index contributed by atoms with van der Waals surface area (Å²) in [6.07, 6.45) is -0.0838. The molecule has 0 amide bonds. The zero-order valence-corrected chi connectivity index (χ0v) is 15.5. The van der Waals surface area contributed by atoms with Crippen LogP contribution in [0.25, 0.3) is 11.0 Å². The molecule has 28 heavy (non-hydrogen) atoms. The number of nitrogens with zero attached hydrogens (tertiary/aromatic N) is 2. The van der Waals surface area contributed by atoms with Crippen molar-refractivity contribution in [3.8, 4) is 5.75 Å². The van der Waals surface area contributed by atoms with Gasteiger partial charge in [0.15, 0.2) is 0 Å². The standard InChI is InChI=1S/C21H22F3N3O/c1-14-5-4-6-16(13-14)27-19-8-3-2-7-18(19)26-20(27)25-15-9-11-17(12-10-15)28-21(22,23)24/h2-3,7-12,14,16H,4-6,13H2,1H3,(H,25,26). The van der Waals surface area contributed by atoms with E-state index < -0.39 is 6.36 Å². The Kier molecular flexibility index (Phi) is 4.91. The maximum Gasteiger partial charge on any atom is 0.573 e. The molecule has 4 rings (SSSR count). The summed E-state index contributed by atoms with van der Waals surface area (Å²) in [5.41, 5.74) is 2.64. The van der Waals surface area contributed by atoms with E-state index in [2.05, 4.69) is 27.6 Å². The first-order valence-corrected chi connectivity index (χ1v) is 9.49. The van der Waals surface area contributed by atoms with Crippen LogP contribution in [-0.2, 0) is 0 Å². The second kappa shape index (κ2) is 7.37. The molecular weight excluding hydrogens is 367 g/mol. The average molecular weight is 389 g/mol. The van der Waals surface area contributed by atoms with E-state index in [0.29, 0.717) is 23.6 Å². The van der Waals surface area contributed by atoms with Crippen LogP contribution in [0.3, 0.4) is 0 Å². The van der Waals surface area contributed by atoms with Crippen molar-refractivity contribution >= 4 is 22.7 Å². The summed E-state index contributed by atoms with van der Waals surface area (Å²) in [6, 6.07) is 14.1. The number of imidazole rings is 1. The number of aromatic nitrogens is 2. The van der Waals surface area contributed by atoms with Crippen LogP contribution in [0.4, 0.5) is 24.8 Å². The Morgan fingerprint density at radius 2 is 1.82 bits per heavy atom. The summed E-state index contributed by atoms with van der Waals surface area (Å²) in [5, 5.41) is 3.28. The molecule has 1 fully saturated rings. The highest BCUT2D eigenvalue weighted by Gasteiger charge is 2.31. The molecule has 1 aromatic heterocycles. The fourth-order valence-corrected chi connectivity index (χ4v) is 4.01. The van der Waals surface area contributed by atoms with Gasteiger partial charge < -0.3 is 14.6 Å². The van der Waals surface area contributed by atoms with Crippen LogP contribution in [0.2, 0.25) is 0 Å². The Hall–Kier alpha value is -2.70. The van der Waals surface area contributed by atoms with Crippen molar-refractivity contribution in [1.29, 1.82) is 0 Å². The lowest BCUT2D eigenvalue weighted by Crippen LogP contribution is -2.19. The summed E-state index contributed by atoms with van der Waals surface area (Å²) in [5.74, 6) is 1.13. The van der Waals surface area contributed by atoms with Crippen LogP contribution >= 0.6 is 0 Å². The SMILES string of the molecule is CC1CCCC(n2c(Nc3ccc(OC(F)(F)F)cc3)nc3ccccc32)C1. The van der Waals surface area contributed by atoms with Crippen LogP contribution < -0.4 is 10.1 Å². The minimum Gasteiger partial charge on any atom is -0.406 e. The number of para-hydroxylation sites is 2. The van der Waals surface area contributed by atoms with Gasteiger partial charge in [0.2, 0.25) is 5.95 Å². The highest BCUT2D eigenvalue weighted by Crippen LogP contribution is 2.37. The van der Waals surface area contributed by atoms with E-state index in [1.807, 2.05) is 18.2 Å². The first kappa shape index (κ1) is 18.7. The molecule has 0 aliphatic heterocycles. The van der Waals surface area contributed by atoms with E-state index in [-0.39, 0.29) is 5.75 Å². The molecule has 0 radical (unpaired) electrons. The van der Waals surface area contributed by atoms with Gasteiger partial charge in [-0.3, -0.25) is 0 Å². The molecule has 2 atom stereocenters. The van der Waals surface area contributed by atoms with Gasteiger partial charge in [0.25, 0.3) is 0 Å². The number of hydrogen-bond donors (Lipinski definition) is 1. The molecular formula is C21H22F3N3O. The third-order valence-electron chi connectivity index (χ3n) is 5.21. The molecule has 1 N–H and O–H groups in total. The fraction of sp³-hybridized carbons (Fsp3) is 0.381. The number of nitrogens with one attached hydrogen (secondary N) is 1. The average Bonchev–Trinajstić information content (AvgIpc) is 3.00. The third-order valence-corrected chi connectivity index (χ3v) is 5.21. The van der Waals surface area contributed by atoms with Gasteiger partial charge in [0.05, 0.1) is 11.0 Å². The maximum absolute atomic E-state index is 12.3. The van der Waals surface area contributed by atoms with Crippen LogP contribution in [0.5, 0.6) is 5.75 Å². The number of benzene rings is 2. The quantitative estimate of drug-likeness (QED) is 0.559. The molecule has 2 aromatic carbocycles. The number of halogens is 3. The van der Waals surface area contributed by atoms with Crippen molar-refractivity contribution < 1.29 is 17.9 Å². The Bertz CT molecular complexity index is 950. The van der Waals surface area contributed by atoms with E-state index >= 15 is 0 Å².